The van der Waals surface area contributed by atoms with E-state index in [1.165, 1.54) is 12.8 Å². The van der Waals surface area contributed by atoms with E-state index in [2.05, 4.69) is 56.4 Å². The number of nitrogens with one attached hydrogen (secondary N) is 3. The Morgan fingerprint density at radius 3 is 1.98 bits per heavy atom. The quantitative estimate of drug-likeness (QED) is 0.256. The van der Waals surface area contributed by atoms with Gasteiger partial charge in [-0.1, -0.05) is 26.7 Å². The second kappa shape index (κ2) is 17.8. The summed E-state index contributed by atoms with van der Waals surface area (Å²) in [7, 11) is 14.1. The molecule has 0 aliphatic carbocycles. The molecule has 0 saturated heterocycles. The molecule has 0 bridgehead atoms. The molecule has 15 heteroatoms. The third-order valence-electron chi connectivity index (χ3n) is 7.72. The van der Waals surface area contributed by atoms with Crippen molar-refractivity contribution in [3.05, 3.63) is 0 Å². The fourth-order valence-electron chi connectivity index (χ4n) is 5.37. The first-order chi connectivity index (χ1) is 22.0. The second-order valence-electron chi connectivity index (χ2n) is 12.5. The van der Waals surface area contributed by atoms with Crippen molar-refractivity contribution in [1.29, 1.82) is 0 Å². The summed E-state index contributed by atoms with van der Waals surface area (Å²) < 4.78 is 0. The van der Waals surface area contributed by atoms with Crippen LogP contribution in [-0.2, 0) is 0 Å². The molecule has 0 aromatic carbocycles. The largest absolute Gasteiger partial charge is 0.356 e. The molecule has 46 heavy (non-hydrogen) atoms. The SMILES string of the molecule is CCCCCN(CCC1N=C(NCC)N(CCC2N=C(NCCC)N(C)C(N(C)C)=N2)C(N(C)C)=N1)C1=NC(C)N=C(N(C)C)N1. The molecule has 0 aromatic heterocycles. The fraction of sp³-hybridized carbons (Fsp3) is 0.806. The van der Waals surface area contributed by atoms with Crippen molar-refractivity contribution in [2.45, 2.75) is 84.7 Å². The molecule has 3 rings (SSSR count). The molecule has 3 unspecified atom stereocenters. The summed E-state index contributed by atoms with van der Waals surface area (Å²) in [5.41, 5.74) is 0. The highest BCUT2D eigenvalue weighted by Gasteiger charge is 2.30. The van der Waals surface area contributed by atoms with E-state index in [0.717, 1.165) is 87.6 Å². The van der Waals surface area contributed by atoms with Crippen LogP contribution in [0.5, 0.6) is 0 Å². The van der Waals surface area contributed by atoms with Crippen LogP contribution in [-0.4, -0.2) is 166 Å². The monoisotopic (exact) mass is 644 g/mol. The lowest BCUT2D eigenvalue weighted by atomic mass is 10.2. The first-order valence-corrected chi connectivity index (χ1v) is 17.0. The van der Waals surface area contributed by atoms with E-state index in [0.29, 0.717) is 6.54 Å². The molecule has 3 atom stereocenters. The van der Waals surface area contributed by atoms with E-state index in [-0.39, 0.29) is 18.5 Å². The molecule has 0 amide bonds. The van der Waals surface area contributed by atoms with Gasteiger partial charge in [-0.15, -0.1) is 0 Å². The van der Waals surface area contributed by atoms with Crippen molar-refractivity contribution in [1.82, 2.24) is 45.3 Å². The maximum absolute atomic E-state index is 5.16. The first-order valence-electron chi connectivity index (χ1n) is 17.0. The van der Waals surface area contributed by atoms with E-state index in [1.54, 1.807) is 0 Å². The Hall–Kier alpha value is -3.78. The molecule has 3 N–H and O–H groups in total. The average molecular weight is 644 g/mol. The van der Waals surface area contributed by atoms with E-state index in [1.807, 2.05) is 71.0 Å². The minimum absolute atomic E-state index is 0.132. The highest BCUT2D eigenvalue weighted by Crippen LogP contribution is 2.17. The van der Waals surface area contributed by atoms with Crippen LogP contribution in [0.1, 0.15) is 66.2 Å². The Balaban J connectivity index is 1.79. The fourth-order valence-corrected chi connectivity index (χ4v) is 5.37. The van der Waals surface area contributed by atoms with Gasteiger partial charge in [0.25, 0.3) is 0 Å². The van der Waals surface area contributed by atoms with Crippen LogP contribution in [0.15, 0.2) is 30.0 Å². The van der Waals surface area contributed by atoms with Crippen molar-refractivity contribution in [2.24, 2.45) is 30.0 Å². The topological polar surface area (TPSA) is 130 Å². The zero-order chi connectivity index (χ0) is 33.8. The van der Waals surface area contributed by atoms with E-state index in [9.17, 15) is 0 Å². The Bertz CT molecular complexity index is 1150. The smallest absolute Gasteiger partial charge is 0.205 e. The Labute approximate surface area is 277 Å². The summed E-state index contributed by atoms with van der Waals surface area (Å²) in [6, 6.07) is 0. The molecule has 0 fully saturated rings. The molecule has 260 valence electrons. The average Bonchev–Trinajstić information content (AvgIpc) is 3.01. The number of aliphatic imine (C=N–C) groups is 6. The highest BCUT2D eigenvalue weighted by atomic mass is 15.5. The highest BCUT2D eigenvalue weighted by molar-refractivity contribution is 6.01. The zero-order valence-corrected chi connectivity index (χ0v) is 30.4. The van der Waals surface area contributed by atoms with Crippen molar-refractivity contribution >= 4 is 35.8 Å². The van der Waals surface area contributed by atoms with Gasteiger partial charge in [-0.3, -0.25) is 15.1 Å². The van der Waals surface area contributed by atoms with Crippen LogP contribution >= 0.6 is 0 Å². The van der Waals surface area contributed by atoms with E-state index < -0.39 is 0 Å². The van der Waals surface area contributed by atoms with Crippen LogP contribution in [0, 0.1) is 0 Å². The third-order valence-corrected chi connectivity index (χ3v) is 7.72. The number of hydrogen-bond acceptors (Lipinski definition) is 15. The second-order valence-corrected chi connectivity index (χ2v) is 12.5. The van der Waals surface area contributed by atoms with E-state index >= 15 is 0 Å². The van der Waals surface area contributed by atoms with Gasteiger partial charge in [0, 0.05) is 94.9 Å². The van der Waals surface area contributed by atoms with Crippen LogP contribution < -0.4 is 16.0 Å². The molecule has 0 spiro atoms. The van der Waals surface area contributed by atoms with Crippen molar-refractivity contribution in [3.8, 4) is 0 Å². The summed E-state index contributed by atoms with van der Waals surface area (Å²) in [6.07, 6.45) is 5.39. The predicted octanol–water partition coefficient (Wildman–Crippen LogP) is 1.55. The third kappa shape index (κ3) is 10.1. The van der Waals surface area contributed by atoms with Crippen molar-refractivity contribution < 1.29 is 0 Å². The zero-order valence-electron chi connectivity index (χ0n) is 30.4. The van der Waals surface area contributed by atoms with Crippen LogP contribution in [0.25, 0.3) is 0 Å². The molecule has 0 saturated carbocycles. The number of nitrogens with zero attached hydrogens (tertiary/aromatic N) is 12. The lowest BCUT2D eigenvalue weighted by Crippen LogP contribution is -2.54. The Morgan fingerprint density at radius 2 is 1.35 bits per heavy atom. The van der Waals surface area contributed by atoms with Gasteiger partial charge in [0.05, 0.1) is 0 Å². The Kier molecular flexibility index (Phi) is 14.2. The number of unbranched alkanes of at least 4 members (excludes halogenated alkanes) is 2. The summed E-state index contributed by atoms with van der Waals surface area (Å²) in [6.45, 7) is 12.5. The lowest BCUT2D eigenvalue weighted by molar-refractivity contribution is 0.359. The van der Waals surface area contributed by atoms with Crippen molar-refractivity contribution in [2.75, 3.05) is 82.1 Å². The molecule has 3 aliphatic heterocycles. The summed E-state index contributed by atoms with van der Waals surface area (Å²) >= 11 is 0. The standard InChI is InChI=1S/C31H61N15/c1-12-15-16-20-45(29-35-23(4)34-28(40-29)41(5)6)21-17-24-37-27(32-14-3)46(31(39-24)43(9)10)22-18-25-36-26(33-19-13-2)44(11)30(38-25)42(7)8/h23-25H,12-22H2,1-11H3,(H,32,37)(H,33,36)(H,34,35,40). The van der Waals surface area contributed by atoms with Crippen LogP contribution in [0.4, 0.5) is 0 Å². The minimum atomic E-state index is -0.218. The molecular weight excluding hydrogens is 582 g/mol. The van der Waals surface area contributed by atoms with Crippen LogP contribution in [0.3, 0.4) is 0 Å². The number of guanidine groups is 6. The maximum Gasteiger partial charge on any atom is 0.205 e. The van der Waals surface area contributed by atoms with Gasteiger partial charge >= 0.3 is 0 Å². The summed E-state index contributed by atoms with van der Waals surface area (Å²) in [4.78, 5) is 42.4. The molecular formula is C31H61N15. The Morgan fingerprint density at radius 1 is 0.696 bits per heavy atom. The molecule has 0 aromatic rings. The molecule has 15 nitrogen and oxygen atoms in total. The van der Waals surface area contributed by atoms with Crippen molar-refractivity contribution in [3.63, 3.8) is 0 Å². The maximum atomic E-state index is 5.16. The first kappa shape index (κ1) is 36.7. The molecule has 3 aliphatic rings. The van der Waals surface area contributed by atoms with Gasteiger partial charge in [-0.05, 0) is 26.7 Å². The van der Waals surface area contributed by atoms with Crippen LogP contribution in [0.2, 0.25) is 0 Å². The normalized spacial score (nSPS) is 21.2. The predicted molar refractivity (Wildman–Crippen MR) is 193 cm³/mol. The number of rotatable bonds is 13. The minimum Gasteiger partial charge on any atom is -0.356 e. The van der Waals surface area contributed by atoms with Gasteiger partial charge in [0.1, 0.15) is 18.5 Å². The molecule has 0 radical (unpaired) electrons. The van der Waals surface area contributed by atoms with Gasteiger partial charge in [-0.25, -0.2) is 30.0 Å². The van der Waals surface area contributed by atoms with Gasteiger partial charge in [-0.2, -0.15) is 0 Å². The molecule has 3 heterocycles. The number of hydrogen-bond donors (Lipinski definition) is 3. The van der Waals surface area contributed by atoms with Gasteiger partial charge in [0.2, 0.25) is 35.8 Å². The lowest BCUT2D eigenvalue weighted by Gasteiger charge is -2.37. The van der Waals surface area contributed by atoms with E-state index in [4.69, 9.17) is 25.0 Å². The van der Waals surface area contributed by atoms with Gasteiger partial charge in [0.15, 0.2) is 0 Å². The summed E-state index contributed by atoms with van der Waals surface area (Å²) in [5.74, 6) is 5.16. The summed E-state index contributed by atoms with van der Waals surface area (Å²) in [5, 5.41) is 10.4. The van der Waals surface area contributed by atoms with Gasteiger partial charge < -0.3 is 30.2 Å².